The van der Waals surface area contributed by atoms with Crippen LogP contribution in [0.4, 0.5) is 0 Å². The van der Waals surface area contributed by atoms with E-state index in [9.17, 15) is 0 Å². The quantitative estimate of drug-likeness (QED) is 0.0630. The third-order valence-corrected chi connectivity index (χ3v) is 27.1. The smallest absolute Gasteiger partial charge is 0.126 e. The first kappa shape index (κ1) is 85.6. The minimum Gasteiger partial charge on any atom is -0.126 e. The fourth-order valence-electron chi connectivity index (χ4n) is 15.0. The first-order chi connectivity index (χ1) is 61.5. The van der Waals surface area contributed by atoms with Crippen LogP contribution in [0.25, 0.3) is 39.0 Å². The lowest BCUT2D eigenvalue weighted by Gasteiger charge is -2.20. The van der Waals surface area contributed by atoms with E-state index in [1.165, 1.54) is 0 Å². The average Bonchev–Trinajstić information content (AvgIpc) is 0.804. The maximum absolute atomic E-state index is 3.99. The second-order valence-corrected chi connectivity index (χ2v) is 40.6. The van der Waals surface area contributed by atoms with Crippen LogP contribution in [0.1, 0.15) is 98.7 Å². The summed E-state index contributed by atoms with van der Waals surface area (Å²) in [7, 11) is -4.08. The van der Waals surface area contributed by atoms with E-state index >= 15 is 0 Å². The number of hydrogen-bond acceptors (Lipinski definition) is 0. The molecule has 0 amide bonds. The Morgan fingerprint density at radius 1 is 0.152 bits per heavy atom. The van der Waals surface area contributed by atoms with Crippen LogP contribution in [-0.4, -0.2) is 16.1 Å². The van der Waals surface area contributed by atoms with Crippen molar-refractivity contribution in [1.82, 2.24) is 0 Å². The zero-order chi connectivity index (χ0) is 86.1. The Morgan fingerprint density at radius 3 is 0.360 bits per heavy atom. The molecule has 0 unspecified atom stereocenters. The topological polar surface area (TPSA) is 0 Å². The van der Waals surface area contributed by atoms with Gasteiger partial charge >= 0.3 is 0 Å². The molecule has 14 rings (SSSR count). The molecule has 0 N–H and O–H groups in total. The molecule has 0 saturated heterocycles. The van der Waals surface area contributed by atoms with Gasteiger partial charge in [0.05, 0.1) is 39.0 Å². The van der Waals surface area contributed by atoms with Gasteiger partial charge in [0, 0.05) is 39.0 Å². The van der Waals surface area contributed by atoms with Crippen LogP contribution in [0.5, 0.6) is 0 Å². The van der Waals surface area contributed by atoms with Gasteiger partial charge in [-0.05, 0) is 96.0 Å². The minimum atomic E-state index is -2.07. The molecule has 594 valence electrons. The standard InChI is InChI=1S/C123H94Si2/c1-7-125(8-2,9-3)95-93-116(123(108-76-48-22-49-77-108)109-78-50-23-51-79-109)91-89-114(121(104-68-40-18-41-69-104)105-70-42-19-43-71-105)87-85-112(119(100-60-32-14-33-61-100)101-62-34-15-35-63-101)83-81-110(117(96-52-24-10-25-53-96)97-54-26-11-27-55-97)80-82-111(118(98-56-28-12-29-57-98)99-58-30-13-31-59-99)84-86-113(120(102-64-36-16-37-65-102)103-66-38-17-39-67-103)88-90-115(92-94-124(4,5)6)122(106-72-44-20-45-73-106)107-74-46-21-47-75-107/h10-79H,7-9H2,1-6H3. The minimum absolute atomic E-state index is 0.523. The Bertz CT molecular complexity index is 6570. The van der Waals surface area contributed by atoms with Crippen molar-refractivity contribution in [3.8, 4) is 94.0 Å². The van der Waals surface area contributed by atoms with Crippen molar-refractivity contribution >= 4 is 55.2 Å². The van der Waals surface area contributed by atoms with Crippen LogP contribution in [0.15, 0.2) is 464 Å². The zero-order valence-electron chi connectivity index (χ0n) is 71.5. The monoisotopic (exact) mass is 1630 g/mol. The van der Waals surface area contributed by atoms with Crippen LogP contribution >= 0.6 is 0 Å². The van der Waals surface area contributed by atoms with Crippen molar-refractivity contribution in [2.75, 3.05) is 0 Å². The van der Waals surface area contributed by atoms with E-state index < -0.39 is 16.1 Å². The third kappa shape index (κ3) is 22.8. The van der Waals surface area contributed by atoms with E-state index in [-0.39, 0.29) is 0 Å². The largest absolute Gasteiger partial charge is 0.138 e. The second kappa shape index (κ2) is 43.4. The highest BCUT2D eigenvalue weighted by molar-refractivity contribution is 6.87. The summed E-state index contributed by atoms with van der Waals surface area (Å²) in [6.45, 7) is 13.7. The highest BCUT2D eigenvalue weighted by atomic mass is 28.3. The van der Waals surface area contributed by atoms with Gasteiger partial charge in [0.25, 0.3) is 0 Å². The van der Waals surface area contributed by atoms with Crippen molar-refractivity contribution in [1.29, 1.82) is 0 Å². The first-order valence-electron chi connectivity index (χ1n) is 42.7. The molecule has 0 aromatic heterocycles. The molecule has 0 atom stereocenters. The molecule has 0 fully saturated rings. The van der Waals surface area contributed by atoms with Crippen LogP contribution < -0.4 is 0 Å². The lowest BCUT2D eigenvalue weighted by atomic mass is 9.90. The summed E-state index contributed by atoms with van der Waals surface area (Å²) in [5.74, 6) is 53.9. The van der Waals surface area contributed by atoms with E-state index in [2.05, 4.69) is 486 Å². The van der Waals surface area contributed by atoms with Gasteiger partial charge in [-0.2, -0.15) is 0 Å². The molecule has 0 spiro atoms. The summed E-state index contributed by atoms with van der Waals surface area (Å²) in [5, 5.41) is 0. The SMILES string of the molecule is CC[Si](C#CC(C#CC(C#CC(C#CC(C#CC(C#CC(C#CC(C#C[Si](C)(C)C)=C(c1ccccc1)c1ccccc1)=C(c1ccccc1)c1ccccc1)=C(c1ccccc1)c1ccccc1)=C(c1ccccc1)c1ccccc1)=C(c1ccccc1)c1ccccc1)=C(c1ccccc1)c1ccccc1)=C(c1ccccc1)c1ccccc1)(CC)CC. The van der Waals surface area contributed by atoms with Crippen molar-refractivity contribution < 1.29 is 0 Å². The Balaban J connectivity index is 1.12. The van der Waals surface area contributed by atoms with Gasteiger partial charge in [-0.3, -0.25) is 0 Å². The molecule has 0 aliphatic rings. The highest BCUT2D eigenvalue weighted by Crippen LogP contribution is 2.36. The summed E-state index contributed by atoms with van der Waals surface area (Å²) in [6, 6.07) is 150. The van der Waals surface area contributed by atoms with E-state index in [1.54, 1.807) is 0 Å². The molecule has 0 saturated carbocycles. The summed E-state index contributed by atoms with van der Waals surface area (Å²) in [4.78, 5) is 0. The molecular formula is C123H94Si2. The summed E-state index contributed by atoms with van der Waals surface area (Å²) in [5.41, 5.74) is 31.3. The average molecular weight is 1630 g/mol. The fraction of sp³-hybridized carbons (Fsp3) is 0.0732. The molecule has 0 bridgehead atoms. The van der Waals surface area contributed by atoms with Gasteiger partial charge in [0.15, 0.2) is 0 Å². The van der Waals surface area contributed by atoms with Crippen molar-refractivity contribution in [2.45, 2.75) is 58.5 Å². The number of allylic oxidation sites excluding steroid dienone is 7. The molecule has 14 aromatic carbocycles. The molecule has 0 nitrogen and oxygen atoms in total. The molecule has 0 aliphatic carbocycles. The summed E-state index contributed by atoms with van der Waals surface area (Å²) < 4.78 is 0. The molecular weight excluding hydrogens is 1530 g/mol. The van der Waals surface area contributed by atoms with Gasteiger partial charge in [0.1, 0.15) is 16.1 Å². The first-order valence-corrected chi connectivity index (χ1v) is 48.8. The Morgan fingerprint density at radius 2 is 0.256 bits per heavy atom. The van der Waals surface area contributed by atoms with Crippen LogP contribution in [0.3, 0.4) is 0 Å². The van der Waals surface area contributed by atoms with E-state index in [0.29, 0.717) is 33.4 Å². The maximum atomic E-state index is 3.99. The molecule has 0 heterocycles. The van der Waals surface area contributed by atoms with Crippen molar-refractivity contribution in [2.24, 2.45) is 0 Å². The predicted molar refractivity (Wildman–Crippen MR) is 535 cm³/mol. The van der Waals surface area contributed by atoms with Crippen molar-refractivity contribution in [3.05, 3.63) is 542 Å². The Labute approximate surface area is 743 Å². The fourth-order valence-corrected chi connectivity index (χ4v) is 17.9. The lowest BCUT2D eigenvalue weighted by molar-refractivity contribution is 1.20. The van der Waals surface area contributed by atoms with E-state index in [1.807, 2.05) is 72.8 Å². The summed E-state index contributed by atoms with van der Waals surface area (Å²) >= 11 is 0. The number of benzene rings is 14. The lowest BCUT2D eigenvalue weighted by Crippen LogP contribution is -2.29. The van der Waals surface area contributed by atoms with Crippen LogP contribution in [0, 0.1) is 94.0 Å². The second-order valence-electron chi connectivity index (χ2n) is 31.0. The highest BCUT2D eigenvalue weighted by Gasteiger charge is 2.26. The van der Waals surface area contributed by atoms with Crippen LogP contribution in [0.2, 0.25) is 37.8 Å². The van der Waals surface area contributed by atoms with Crippen LogP contribution in [-0.2, 0) is 0 Å². The third-order valence-electron chi connectivity index (χ3n) is 21.5. The van der Waals surface area contributed by atoms with Crippen molar-refractivity contribution in [3.63, 3.8) is 0 Å². The van der Waals surface area contributed by atoms with Gasteiger partial charge in [0.2, 0.25) is 0 Å². The molecule has 14 aromatic rings. The Kier molecular flexibility index (Phi) is 29.7. The molecule has 0 radical (unpaired) electrons. The molecule has 0 aliphatic heterocycles. The zero-order valence-corrected chi connectivity index (χ0v) is 73.5. The normalized spacial score (nSPS) is 10.2. The molecule has 2 heteroatoms. The predicted octanol–water partition coefficient (Wildman–Crippen LogP) is 28.5. The van der Waals surface area contributed by atoms with Gasteiger partial charge in [-0.25, -0.2) is 0 Å². The van der Waals surface area contributed by atoms with Gasteiger partial charge < -0.3 is 0 Å². The summed E-state index contributed by atoms with van der Waals surface area (Å²) in [6.07, 6.45) is 0. The maximum Gasteiger partial charge on any atom is 0.138 e. The molecule has 125 heavy (non-hydrogen) atoms. The van der Waals surface area contributed by atoms with E-state index in [4.69, 9.17) is 0 Å². The van der Waals surface area contributed by atoms with Gasteiger partial charge in [-0.1, -0.05) is 548 Å². The van der Waals surface area contributed by atoms with Gasteiger partial charge in [-0.15, -0.1) is 11.1 Å². The number of hydrogen-bond donors (Lipinski definition) is 0. The Hall–Kier alpha value is -15.8. The van der Waals surface area contributed by atoms with E-state index in [0.717, 1.165) is 141 Å². The number of rotatable bonds is 17.